The summed E-state index contributed by atoms with van der Waals surface area (Å²) in [5.41, 5.74) is 2.26. The first-order valence-electron chi connectivity index (χ1n) is 7.76. The second-order valence-corrected chi connectivity index (χ2v) is 7.80. The van der Waals surface area contributed by atoms with Gasteiger partial charge in [-0.05, 0) is 49.9 Å². The number of hydrogen-bond donors (Lipinski definition) is 2. The van der Waals surface area contributed by atoms with Crippen LogP contribution in [0, 0.1) is 16.7 Å². The normalized spacial score (nSPS) is 24.1. The Morgan fingerprint density at radius 2 is 2.18 bits per heavy atom. The van der Waals surface area contributed by atoms with Gasteiger partial charge < -0.3 is 10.6 Å². The van der Waals surface area contributed by atoms with Crippen molar-refractivity contribution in [3.63, 3.8) is 0 Å². The highest BCUT2D eigenvalue weighted by Gasteiger charge is 2.36. The molecule has 0 saturated heterocycles. The summed E-state index contributed by atoms with van der Waals surface area (Å²) in [6.07, 6.45) is 3.55. The molecule has 3 rings (SSSR count). The van der Waals surface area contributed by atoms with Crippen LogP contribution in [-0.2, 0) is 0 Å². The minimum Gasteiger partial charge on any atom is -0.382 e. The van der Waals surface area contributed by atoms with E-state index in [0.717, 1.165) is 22.3 Å². The second-order valence-electron chi connectivity index (χ2n) is 6.77. The van der Waals surface area contributed by atoms with Gasteiger partial charge in [0.2, 0.25) is 0 Å². The Kier molecular flexibility index (Phi) is 4.07. The van der Waals surface area contributed by atoms with E-state index in [-0.39, 0.29) is 5.41 Å². The van der Waals surface area contributed by atoms with Crippen molar-refractivity contribution in [3.8, 4) is 6.07 Å². The first-order valence-corrected chi connectivity index (χ1v) is 8.58. The van der Waals surface area contributed by atoms with Crippen LogP contribution in [0.4, 0.5) is 5.69 Å². The summed E-state index contributed by atoms with van der Waals surface area (Å²) in [5, 5.41) is 16.6. The number of fused-ring (bicyclic) bond motifs is 1. The van der Waals surface area contributed by atoms with E-state index in [1.165, 1.54) is 24.2 Å². The third-order valence-corrected chi connectivity index (χ3v) is 5.69. The van der Waals surface area contributed by atoms with Crippen molar-refractivity contribution < 1.29 is 0 Å². The Bertz CT molecular complexity index is 713. The highest BCUT2D eigenvalue weighted by Crippen LogP contribution is 2.38. The van der Waals surface area contributed by atoms with Crippen LogP contribution in [0.5, 0.6) is 0 Å². The zero-order chi connectivity index (χ0) is 15.7. The van der Waals surface area contributed by atoms with Crippen molar-refractivity contribution in [1.29, 1.82) is 5.26 Å². The second kappa shape index (κ2) is 5.86. The molecule has 116 valence electrons. The van der Waals surface area contributed by atoms with Gasteiger partial charge in [-0.3, -0.25) is 0 Å². The molecule has 4 nitrogen and oxygen atoms in total. The van der Waals surface area contributed by atoms with Crippen molar-refractivity contribution in [2.45, 2.75) is 45.2 Å². The molecule has 0 radical (unpaired) electrons. The Labute approximate surface area is 135 Å². The monoisotopic (exact) mass is 314 g/mol. The highest BCUT2D eigenvalue weighted by atomic mass is 32.1. The standard InChI is InChI=1S/C17H22N4S/c1-17(2)9-12(19-3)5-7-15(17)20-11-4-6-14-13(8-11)21-16(10-18)22-14/h4,6,8,12,15,19-20H,5,7,9H2,1-3H3. The van der Waals surface area contributed by atoms with E-state index in [1.54, 1.807) is 0 Å². The maximum absolute atomic E-state index is 8.96. The fourth-order valence-corrected chi connectivity index (χ4v) is 4.16. The average Bonchev–Trinajstić information content (AvgIpc) is 2.91. The SMILES string of the molecule is CNC1CCC(Nc2ccc3sc(C#N)nc3c2)C(C)(C)C1. The van der Waals surface area contributed by atoms with E-state index >= 15 is 0 Å². The molecule has 22 heavy (non-hydrogen) atoms. The molecular weight excluding hydrogens is 292 g/mol. The minimum atomic E-state index is 0.251. The molecule has 0 bridgehead atoms. The van der Waals surface area contributed by atoms with Crippen LogP contribution in [0.25, 0.3) is 10.2 Å². The highest BCUT2D eigenvalue weighted by molar-refractivity contribution is 7.19. The maximum atomic E-state index is 8.96. The van der Waals surface area contributed by atoms with Crippen LogP contribution >= 0.6 is 11.3 Å². The first kappa shape index (κ1) is 15.3. The fourth-order valence-electron chi connectivity index (χ4n) is 3.42. The zero-order valence-corrected chi connectivity index (χ0v) is 14.1. The van der Waals surface area contributed by atoms with E-state index in [1.807, 2.05) is 0 Å². The summed E-state index contributed by atoms with van der Waals surface area (Å²) in [5.74, 6) is 0. The molecule has 2 atom stereocenters. The van der Waals surface area contributed by atoms with Crippen LogP contribution in [0.15, 0.2) is 18.2 Å². The van der Waals surface area contributed by atoms with Gasteiger partial charge in [0, 0.05) is 17.8 Å². The molecule has 0 aliphatic heterocycles. The molecular formula is C17H22N4S. The largest absolute Gasteiger partial charge is 0.382 e. The summed E-state index contributed by atoms with van der Waals surface area (Å²) in [6, 6.07) is 9.42. The maximum Gasteiger partial charge on any atom is 0.195 e. The van der Waals surface area contributed by atoms with Gasteiger partial charge >= 0.3 is 0 Å². The van der Waals surface area contributed by atoms with Gasteiger partial charge in [0.25, 0.3) is 0 Å². The van der Waals surface area contributed by atoms with Gasteiger partial charge in [-0.15, -0.1) is 11.3 Å². The molecule has 0 spiro atoms. The van der Waals surface area contributed by atoms with Gasteiger partial charge in [0.15, 0.2) is 5.01 Å². The van der Waals surface area contributed by atoms with Gasteiger partial charge in [0.05, 0.1) is 10.2 Å². The first-order chi connectivity index (χ1) is 10.5. The van der Waals surface area contributed by atoms with Gasteiger partial charge in [-0.1, -0.05) is 13.8 Å². The van der Waals surface area contributed by atoms with Gasteiger partial charge in [-0.25, -0.2) is 4.98 Å². The zero-order valence-electron chi connectivity index (χ0n) is 13.3. The van der Waals surface area contributed by atoms with E-state index in [9.17, 15) is 0 Å². The van der Waals surface area contributed by atoms with E-state index in [4.69, 9.17) is 5.26 Å². The van der Waals surface area contributed by atoms with Gasteiger partial charge in [0.1, 0.15) is 6.07 Å². The molecule has 1 aliphatic carbocycles. The molecule has 1 aliphatic rings. The third kappa shape index (κ3) is 2.94. The number of rotatable bonds is 3. The lowest BCUT2D eigenvalue weighted by Gasteiger charge is -2.43. The van der Waals surface area contributed by atoms with Crippen LogP contribution in [0.2, 0.25) is 0 Å². The third-order valence-electron chi connectivity index (χ3n) is 4.75. The lowest BCUT2D eigenvalue weighted by molar-refractivity contribution is 0.181. The summed E-state index contributed by atoms with van der Waals surface area (Å²) in [6.45, 7) is 4.67. The molecule has 1 aromatic heterocycles. The van der Waals surface area contributed by atoms with Crippen LogP contribution < -0.4 is 10.6 Å². The summed E-state index contributed by atoms with van der Waals surface area (Å²) >= 11 is 1.45. The number of nitrogens with one attached hydrogen (secondary N) is 2. The predicted octanol–water partition coefficient (Wildman–Crippen LogP) is 3.75. The lowest BCUT2D eigenvalue weighted by atomic mass is 9.71. The quantitative estimate of drug-likeness (QED) is 0.906. The fraction of sp³-hybridized carbons (Fsp3) is 0.529. The molecule has 1 fully saturated rings. The number of nitriles is 1. The molecule has 5 heteroatoms. The van der Waals surface area contributed by atoms with E-state index in [0.29, 0.717) is 17.1 Å². The molecule has 1 heterocycles. The van der Waals surface area contributed by atoms with Crippen molar-refractivity contribution in [2.24, 2.45) is 5.41 Å². The molecule has 1 saturated carbocycles. The predicted molar refractivity (Wildman–Crippen MR) is 92.2 cm³/mol. The topological polar surface area (TPSA) is 60.7 Å². The van der Waals surface area contributed by atoms with Crippen LogP contribution in [0.3, 0.4) is 0 Å². The Morgan fingerprint density at radius 3 is 2.86 bits per heavy atom. The Morgan fingerprint density at radius 1 is 1.36 bits per heavy atom. The Hall–Kier alpha value is -1.64. The summed E-state index contributed by atoms with van der Waals surface area (Å²) in [4.78, 5) is 4.35. The molecule has 1 aromatic carbocycles. The smallest absolute Gasteiger partial charge is 0.195 e. The van der Waals surface area contributed by atoms with Crippen molar-refractivity contribution in [3.05, 3.63) is 23.2 Å². The number of aromatic nitrogens is 1. The Balaban J connectivity index is 1.79. The molecule has 2 unspecified atom stereocenters. The van der Waals surface area contributed by atoms with Crippen molar-refractivity contribution in [2.75, 3.05) is 12.4 Å². The number of thiazole rings is 1. The molecule has 2 N–H and O–H groups in total. The number of hydrogen-bond acceptors (Lipinski definition) is 5. The van der Waals surface area contributed by atoms with Crippen molar-refractivity contribution >= 4 is 27.2 Å². The molecule has 2 aromatic rings. The number of nitrogens with zero attached hydrogens (tertiary/aromatic N) is 2. The summed E-state index contributed by atoms with van der Waals surface area (Å²) in [7, 11) is 2.05. The van der Waals surface area contributed by atoms with E-state index < -0.39 is 0 Å². The number of benzene rings is 1. The van der Waals surface area contributed by atoms with Crippen LogP contribution in [0.1, 0.15) is 38.1 Å². The van der Waals surface area contributed by atoms with Crippen molar-refractivity contribution in [1.82, 2.24) is 10.3 Å². The lowest BCUT2D eigenvalue weighted by Crippen LogP contribution is -2.46. The van der Waals surface area contributed by atoms with E-state index in [2.05, 4.69) is 60.8 Å². The van der Waals surface area contributed by atoms with Gasteiger partial charge in [-0.2, -0.15) is 5.26 Å². The number of anilines is 1. The molecule has 0 amide bonds. The average molecular weight is 314 g/mol. The minimum absolute atomic E-state index is 0.251. The van der Waals surface area contributed by atoms with Crippen LogP contribution in [-0.4, -0.2) is 24.1 Å². The summed E-state index contributed by atoms with van der Waals surface area (Å²) < 4.78 is 1.07.